The largest absolute Gasteiger partial charge is 0.507 e. The Kier molecular flexibility index (Phi) is 8.89. The number of carbonyl (C=O) groups is 1. The van der Waals surface area contributed by atoms with E-state index in [0.717, 1.165) is 0 Å². The van der Waals surface area contributed by atoms with Crippen molar-refractivity contribution in [3.05, 3.63) is 47.5 Å². The molecule has 0 spiro atoms. The molecule has 0 unspecified atom stereocenters. The molecular weight excluding hydrogens is 560 g/mol. The molecule has 14 nitrogen and oxygen atoms in total. The first-order valence-electron chi connectivity index (χ1n) is 13.4. The number of hydrogen-bond acceptors (Lipinski definition) is 14. The molecule has 14 heteroatoms. The van der Waals surface area contributed by atoms with Crippen LogP contribution in [0.15, 0.2) is 36.4 Å². The summed E-state index contributed by atoms with van der Waals surface area (Å²) in [4.78, 5) is 12.7. The lowest BCUT2D eigenvalue weighted by atomic mass is 9.95. The maximum atomic E-state index is 12.7. The fourth-order valence-corrected chi connectivity index (χ4v) is 5.11. The van der Waals surface area contributed by atoms with Crippen molar-refractivity contribution >= 4 is 5.78 Å². The minimum Gasteiger partial charge on any atom is -0.507 e. The first kappa shape index (κ1) is 30.4. The molecule has 2 aromatic carbocycles. The van der Waals surface area contributed by atoms with Crippen LogP contribution in [-0.4, -0.2) is 117 Å². The van der Waals surface area contributed by atoms with E-state index in [1.165, 1.54) is 26.2 Å². The molecule has 0 aromatic heterocycles. The highest BCUT2D eigenvalue weighted by atomic mass is 16.7. The second kappa shape index (κ2) is 12.3. The van der Waals surface area contributed by atoms with E-state index in [9.17, 15) is 40.5 Å². The van der Waals surface area contributed by atoms with Gasteiger partial charge in [-0.25, -0.2) is 0 Å². The summed E-state index contributed by atoms with van der Waals surface area (Å²) in [5.41, 5.74) is 0.714. The maximum Gasteiger partial charge on any atom is 0.229 e. The molecular formula is C28H34O14. The lowest BCUT2D eigenvalue weighted by Gasteiger charge is -2.42. The lowest BCUT2D eigenvalue weighted by molar-refractivity contribution is -0.318. The first-order valence-corrected chi connectivity index (χ1v) is 13.4. The Morgan fingerprint density at radius 1 is 0.833 bits per heavy atom. The van der Waals surface area contributed by atoms with Crippen LogP contribution >= 0.6 is 0 Å². The van der Waals surface area contributed by atoms with E-state index in [0.29, 0.717) is 11.3 Å². The first-order chi connectivity index (χ1) is 20.0. The van der Waals surface area contributed by atoms with Crippen LogP contribution in [0.1, 0.15) is 35.4 Å². The number of phenols is 1. The Morgan fingerprint density at radius 2 is 1.50 bits per heavy atom. The normalized spacial score (nSPS) is 36.6. The molecule has 11 atom stereocenters. The Balaban J connectivity index is 1.23. The molecule has 0 radical (unpaired) electrons. The van der Waals surface area contributed by atoms with Crippen LogP contribution in [0.25, 0.3) is 0 Å². The number of ketones is 1. The van der Waals surface area contributed by atoms with Gasteiger partial charge in [0.05, 0.1) is 26.2 Å². The quantitative estimate of drug-likeness (QED) is 0.208. The fraction of sp³-hybridized carbons (Fsp3) is 0.536. The van der Waals surface area contributed by atoms with Crippen LogP contribution in [0, 0.1) is 0 Å². The maximum absolute atomic E-state index is 12.7. The number of ether oxygens (including phenoxy) is 6. The molecule has 2 fully saturated rings. The van der Waals surface area contributed by atoms with Crippen molar-refractivity contribution in [3.8, 4) is 23.0 Å². The average Bonchev–Trinajstić information content (AvgIpc) is 2.97. The topological polar surface area (TPSA) is 214 Å². The predicted molar refractivity (Wildman–Crippen MR) is 139 cm³/mol. The summed E-state index contributed by atoms with van der Waals surface area (Å²) in [6, 6.07) is 9.22. The van der Waals surface area contributed by atoms with E-state index in [2.05, 4.69) is 0 Å². The molecule has 3 aliphatic rings. The van der Waals surface area contributed by atoms with Gasteiger partial charge in [0.25, 0.3) is 0 Å². The highest BCUT2D eigenvalue weighted by molar-refractivity contribution is 6.02. The van der Waals surface area contributed by atoms with Crippen LogP contribution in [0.3, 0.4) is 0 Å². The number of rotatable bonds is 7. The van der Waals surface area contributed by atoms with Crippen LogP contribution in [0.5, 0.6) is 23.0 Å². The SMILES string of the molecule is COc1cc(O)c2c(c1)O[C@@H](c1ccc(O[C@@H]3O[C@H](CO[C@@H]4O[C@@H](C)[C@H](O)[C@@H](O)[C@H]4O)[C@@H](O)[C@H](O)[C@H]3O)cc1)CC2=O. The second-order valence-electron chi connectivity index (χ2n) is 10.5. The predicted octanol–water partition coefficient (Wildman–Crippen LogP) is -0.862. The molecule has 0 amide bonds. The number of aromatic hydroxyl groups is 1. The van der Waals surface area contributed by atoms with Crippen molar-refractivity contribution in [2.75, 3.05) is 13.7 Å². The highest BCUT2D eigenvalue weighted by Crippen LogP contribution is 2.42. The summed E-state index contributed by atoms with van der Waals surface area (Å²) in [5.74, 6) is 0.225. The van der Waals surface area contributed by atoms with Crippen molar-refractivity contribution in [2.45, 2.75) is 80.9 Å². The highest BCUT2D eigenvalue weighted by Gasteiger charge is 2.47. The zero-order valence-electron chi connectivity index (χ0n) is 22.7. The fourth-order valence-electron chi connectivity index (χ4n) is 5.11. The lowest BCUT2D eigenvalue weighted by Crippen LogP contribution is -2.61. The van der Waals surface area contributed by atoms with Gasteiger partial charge in [-0.2, -0.15) is 0 Å². The summed E-state index contributed by atoms with van der Waals surface area (Å²) >= 11 is 0. The van der Waals surface area contributed by atoms with E-state index in [1.807, 2.05) is 0 Å². The van der Waals surface area contributed by atoms with Crippen molar-refractivity contribution in [1.82, 2.24) is 0 Å². The van der Waals surface area contributed by atoms with Gasteiger partial charge in [-0.3, -0.25) is 4.79 Å². The van der Waals surface area contributed by atoms with E-state index in [-0.39, 0.29) is 35.0 Å². The smallest absolute Gasteiger partial charge is 0.229 e. The Hall–Kier alpha value is -3.05. The van der Waals surface area contributed by atoms with Gasteiger partial charge in [0.2, 0.25) is 6.29 Å². The average molecular weight is 595 g/mol. The van der Waals surface area contributed by atoms with Gasteiger partial charge in [0.15, 0.2) is 12.1 Å². The molecule has 42 heavy (non-hydrogen) atoms. The summed E-state index contributed by atoms with van der Waals surface area (Å²) in [6.45, 7) is 1.06. The molecule has 230 valence electrons. The van der Waals surface area contributed by atoms with Gasteiger partial charge in [0.1, 0.15) is 77.4 Å². The molecule has 3 aliphatic heterocycles. The second-order valence-corrected chi connectivity index (χ2v) is 10.5. The number of fused-ring (bicyclic) bond motifs is 1. The molecule has 2 saturated heterocycles. The van der Waals surface area contributed by atoms with Gasteiger partial charge in [-0.1, -0.05) is 12.1 Å². The molecule has 2 aromatic rings. The van der Waals surface area contributed by atoms with Crippen molar-refractivity contribution in [3.63, 3.8) is 0 Å². The van der Waals surface area contributed by atoms with E-state index >= 15 is 0 Å². The van der Waals surface area contributed by atoms with Crippen molar-refractivity contribution in [1.29, 1.82) is 0 Å². The standard InChI is InChI=1S/C28H34O14/c1-11-21(31)23(33)25(35)27(39-11)38-10-19-22(32)24(34)26(36)28(42-19)40-13-5-3-12(4-6-13)17-9-16(30)20-15(29)7-14(37-2)8-18(20)41-17/h3-8,11,17,19,21-29,31-36H,9-10H2,1-2H3/t11-,17+,19+,21-,22+,23+,24-,25+,26+,27+,28+/m0/s1. The van der Waals surface area contributed by atoms with E-state index in [1.54, 1.807) is 24.3 Å². The van der Waals surface area contributed by atoms with Gasteiger partial charge >= 0.3 is 0 Å². The number of aliphatic hydroxyl groups excluding tert-OH is 6. The van der Waals surface area contributed by atoms with Gasteiger partial charge in [-0.15, -0.1) is 0 Å². The summed E-state index contributed by atoms with van der Waals surface area (Å²) in [6.07, 6.45) is -14.8. The van der Waals surface area contributed by atoms with Gasteiger partial charge < -0.3 is 64.2 Å². The summed E-state index contributed by atoms with van der Waals surface area (Å²) < 4.78 is 33.3. The summed E-state index contributed by atoms with van der Waals surface area (Å²) in [7, 11) is 1.43. The monoisotopic (exact) mass is 594 g/mol. The summed E-state index contributed by atoms with van der Waals surface area (Å²) in [5, 5.41) is 71.5. The number of phenolic OH excluding ortho intramolecular Hbond substituents is 1. The minimum atomic E-state index is -1.67. The van der Waals surface area contributed by atoms with Crippen LogP contribution in [-0.2, 0) is 14.2 Å². The number of aliphatic hydroxyl groups is 6. The van der Waals surface area contributed by atoms with Crippen LogP contribution < -0.4 is 14.2 Å². The van der Waals surface area contributed by atoms with Crippen LogP contribution in [0.4, 0.5) is 0 Å². The third-order valence-corrected chi connectivity index (χ3v) is 7.62. The number of benzene rings is 2. The Labute approximate surface area is 240 Å². The number of methoxy groups -OCH3 is 1. The van der Waals surface area contributed by atoms with Crippen molar-refractivity contribution in [2.24, 2.45) is 0 Å². The third-order valence-electron chi connectivity index (χ3n) is 7.62. The number of carbonyl (C=O) groups excluding carboxylic acids is 1. The molecule has 0 bridgehead atoms. The molecule has 0 saturated carbocycles. The molecule has 3 heterocycles. The zero-order valence-corrected chi connectivity index (χ0v) is 22.7. The van der Waals surface area contributed by atoms with E-state index in [4.69, 9.17) is 28.4 Å². The Morgan fingerprint density at radius 3 is 2.19 bits per heavy atom. The Bertz CT molecular complexity index is 1250. The van der Waals surface area contributed by atoms with E-state index < -0.39 is 74.1 Å². The van der Waals surface area contributed by atoms with Gasteiger partial charge in [0, 0.05) is 12.1 Å². The minimum absolute atomic E-state index is 0.0164. The van der Waals surface area contributed by atoms with Crippen molar-refractivity contribution < 1.29 is 69.0 Å². The number of hydrogen-bond donors (Lipinski definition) is 7. The van der Waals surface area contributed by atoms with Crippen LogP contribution in [0.2, 0.25) is 0 Å². The molecule has 5 rings (SSSR count). The molecule has 0 aliphatic carbocycles. The number of Topliss-reactive ketones (excluding diaryl/α,β-unsaturated/α-hetero) is 1. The van der Waals surface area contributed by atoms with Gasteiger partial charge in [-0.05, 0) is 24.6 Å². The third kappa shape index (κ3) is 5.90. The molecule has 7 N–H and O–H groups in total. The zero-order chi connectivity index (χ0) is 30.3.